The van der Waals surface area contributed by atoms with Crippen LogP contribution in [0.2, 0.25) is 0 Å². The number of benzene rings is 1. The van der Waals surface area contributed by atoms with Crippen LogP contribution < -0.4 is 10.6 Å². The van der Waals surface area contributed by atoms with Crippen LogP contribution in [-0.4, -0.2) is 16.9 Å². The summed E-state index contributed by atoms with van der Waals surface area (Å²) in [4.78, 5) is 17.5. The van der Waals surface area contributed by atoms with E-state index in [0.29, 0.717) is 6.54 Å². The van der Waals surface area contributed by atoms with Crippen molar-refractivity contribution in [1.82, 2.24) is 10.3 Å². The van der Waals surface area contributed by atoms with Crippen molar-refractivity contribution in [2.24, 2.45) is 0 Å². The summed E-state index contributed by atoms with van der Waals surface area (Å²) in [6.45, 7) is 2.52. The molecule has 2 aromatic rings. The molecule has 4 nitrogen and oxygen atoms in total. The highest BCUT2D eigenvalue weighted by molar-refractivity contribution is 7.11. The lowest BCUT2D eigenvalue weighted by Gasteiger charge is -2.10. The van der Waals surface area contributed by atoms with Gasteiger partial charge in [-0.05, 0) is 18.6 Å². The zero-order valence-corrected chi connectivity index (χ0v) is 11.5. The minimum Gasteiger partial charge on any atom is -0.373 e. The first kappa shape index (κ1) is 12.2. The van der Waals surface area contributed by atoms with Crippen LogP contribution in [0.5, 0.6) is 0 Å². The van der Waals surface area contributed by atoms with Gasteiger partial charge in [-0.25, -0.2) is 4.98 Å². The van der Waals surface area contributed by atoms with Gasteiger partial charge in [0.1, 0.15) is 11.0 Å². The van der Waals surface area contributed by atoms with E-state index in [2.05, 4.69) is 21.7 Å². The number of aromatic nitrogens is 1. The number of nitrogens with one attached hydrogen (secondary N) is 2. The van der Waals surface area contributed by atoms with E-state index in [0.717, 1.165) is 22.0 Å². The maximum atomic E-state index is 12.1. The van der Waals surface area contributed by atoms with Crippen LogP contribution in [0.25, 0.3) is 0 Å². The third-order valence-electron chi connectivity index (χ3n) is 3.17. The van der Waals surface area contributed by atoms with Gasteiger partial charge in [0.2, 0.25) is 5.91 Å². The summed E-state index contributed by atoms with van der Waals surface area (Å²) in [6, 6.07) is 7.87. The molecule has 0 saturated heterocycles. The molecule has 0 aliphatic carbocycles. The van der Waals surface area contributed by atoms with E-state index in [1.807, 2.05) is 31.3 Å². The van der Waals surface area contributed by atoms with Crippen LogP contribution in [0, 0.1) is 6.92 Å². The number of hydrogen-bond acceptors (Lipinski definition) is 4. The van der Waals surface area contributed by atoms with E-state index in [4.69, 9.17) is 0 Å². The molecular formula is C14H15N3OS. The largest absolute Gasteiger partial charge is 0.373 e. The number of thiazole rings is 1. The second kappa shape index (κ2) is 5.01. The number of carbonyl (C=O) groups is 1. The number of nitrogens with zero attached hydrogens (tertiary/aromatic N) is 1. The number of aryl methyl sites for hydroxylation is 1. The minimum absolute atomic E-state index is 0.0315. The molecule has 0 spiro atoms. The number of para-hydroxylation sites is 1. The topological polar surface area (TPSA) is 54.0 Å². The summed E-state index contributed by atoms with van der Waals surface area (Å²) in [5.41, 5.74) is 2.26. The van der Waals surface area contributed by atoms with Crippen molar-refractivity contribution in [2.75, 3.05) is 5.32 Å². The normalized spacial score (nSPS) is 16.8. The Hall–Kier alpha value is -1.88. The lowest BCUT2D eigenvalue weighted by Crippen LogP contribution is -2.37. The molecular weight excluding hydrogens is 258 g/mol. The Bertz CT molecular complexity index is 583. The van der Waals surface area contributed by atoms with Crippen LogP contribution >= 0.6 is 11.3 Å². The Kier molecular flexibility index (Phi) is 3.21. The maximum Gasteiger partial charge on any atom is 0.243 e. The number of hydrogen-bond donors (Lipinski definition) is 2. The fraction of sp³-hybridized carbons (Fsp3) is 0.286. The molecule has 1 aromatic carbocycles. The van der Waals surface area contributed by atoms with Crippen molar-refractivity contribution in [1.29, 1.82) is 0 Å². The third kappa shape index (κ3) is 2.61. The van der Waals surface area contributed by atoms with Crippen molar-refractivity contribution in [3.63, 3.8) is 0 Å². The van der Waals surface area contributed by atoms with Gasteiger partial charge in [0, 0.05) is 23.2 Å². The first-order valence-corrected chi connectivity index (χ1v) is 7.07. The van der Waals surface area contributed by atoms with Gasteiger partial charge in [0.15, 0.2) is 0 Å². The summed E-state index contributed by atoms with van der Waals surface area (Å²) in [6.07, 6.45) is 2.58. The molecule has 1 aromatic heterocycles. The van der Waals surface area contributed by atoms with Gasteiger partial charge in [-0.15, -0.1) is 11.3 Å². The predicted octanol–water partition coefficient (Wildman–Crippen LogP) is 2.10. The number of fused-ring (bicyclic) bond motifs is 1. The van der Waals surface area contributed by atoms with Gasteiger partial charge in [-0.2, -0.15) is 0 Å². The van der Waals surface area contributed by atoms with Crippen LogP contribution in [0.3, 0.4) is 0 Å². The number of rotatable bonds is 3. The number of carbonyl (C=O) groups excluding carboxylic acids is 1. The first-order chi connectivity index (χ1) is 9.22. The quantitative estimate of drug-likeness (QED) is 0.900. The average Bonchev–Trinajstić information content (AvgIpc) is 3.01. The van der Waals surface area contributed by atoms with Crippen LogP contribution in [0.4, 0.5) is 5.69 Å². The van der Waals surface area contributed by atoms with E-state index >= 15 is 0 Å². The van der Waals surface area contributed by atoms with E-state index in [1.165, 1.54) is 5.56 Å². The summed E-state index contributed by atoms with van der Waals surface area (Å²) >= 11 is 1.61. The van der Waals surface area contributed by atoms with Crippen molar-refractivity contribution < 1.29 is 4.79 Å². The minimum atomic E-state index is -0.168. The molecule has 1 amide bonds. The fourth-order valence-corrected chi connectivity index (χ4v) is 2.95. The Morgan fingerprint density at radius 3 is 3.11 bits per heavy atom. The molecule has 2 N–H and O–H groups in total. The average molecular weight is 273 g/mol. The molecule has 1 aliphatic rings. The standard InChI is InChI=1S/C14H15N3OS/c1-9-7-15-13(19-9)8-16-14(18)12-6-10-4-2-3-5-11(10)17-12/h2-5,7,12,17H,6,8H2,1H3,(H,16,18). The molecule has 1 atom stereocenters. The van der Waals surface area contributed by atoms with Gasteiger partial charge in [-0.3, -0.25) is 4.79 Å². The molecule has 5 heteroatoms. The third-order valence-corrected chi connectivity index (χ3v) is 4.08. The van der Waals surface area contributed by atoms with Crippen molar-refractivity contribution in [3.8, 4) is 0 Å². The van der Waals surface area contributed by atoms with E-state index < -0.39 is 0 Å². The fourth-order valence-electron chi connectivity index (χ4n) is 2.23. The Labute approximate surface area is 115 Å². The Balaban J connectivity index is 1.58. The van der Waals surface area contributed by atoms with Gasteiger partial charge >= 0.3 is 0 Å². The molecule has 0 bridgehead atoms. The van der Waals surface area contributed by atoms with Gasteiger partial charge in [-0.1, -0.05) is 18.2 Å². The van der Waals surface area contributed by atoms with Crippen molar-refractivity contribution in [3.05, 3.63) is 45.9 Å². The van der Waals surface area contributed by atoms with E-state index in [9.17, 15) is 4.79 Å². The van der Waals surface area contributed by atoms with Crippen LogP contribution in [0.15, 0.2) is 30.5 Å². The monoisotopic (exact) mass is 273 g/mol. The highest BCUT2D eigenvalue weighted by atomic mass is 32.1. The van der Waals surface area contributed by atoms with E-state index in [1.54, 1.807) is 11.3 Å². The van der Waals surface area contributed by atoms with Gasteiger partial charge in [0.05, 0.1) is 6.54 Å². The van der Waals surface area contributed by atoms with E-state index in [-0.39, 0.29) is 11.9 Å². The molecule has 98 valence electrons. The number of anilines is 1. The van der Waals surface area contributed by atoms with Gasteiger partial charge < -0.3 is 10.6 Å². The molecule has 0 saturated carbocycles. The summed E-state index contributed by atoms with van der Waals surface area (Å²) in [7, 11) is 0. The lowest BCUT2D eigenvalue weighted by molar-refractivity contribution is -0.121. The second-order valence-corrected chi connectivity index (χ2v) is 5.96. The molecule has 2 heterocycles. The molecule has 0 fully saturated rings. The predicted molar refractivity (Wildman–Crippen MR) is 76.3 cm³/mol. The molecule has 19 heavy (non-hydrogen) atoms. The van der Waals surface area contributed by atoms with Crippen LogP contribution in [-0.2, 0) is 17.8 Å². The highest BCUT2D eigenvalue weighted by Gasteiger charge is 2.25. The second-order valence-electron chi connectivity index (χ2n) is 4.64. The molecule has 1 unspecified atom stereocenters. The number of amides is 1. The molecule has 0 radical (unpaired) electrons. The Morgan fingerprint density at radius 1 is 1.53 bits per heavy atom. The highest BCUT2D eigenvalue weighted by Crippen LogP contribution is 2.25. The smallest absolute Gasteiger partial charge is 0.243 e. The van der Waals surface area contributed by atoms with Crippen molar-refractivity contribution >= 4 is 22.9 Å². The first-order valence-electron chi connectivity index (χ1n) is 6.26. The van der Waals surface area contributed by atoms with Crippen LogP contribution in [0.1, 0.15) is 15.4 Å². The van der Waals surface area contributed by atoms with Gasteiger partial charge in [0.25, 0.3) is 0 Å². The molecule has 1 aliphatic heterocycles. The zero-order valence-electron chi connectivity index (χ0n) is 10.6. The molecule has 3 rings (SSSR count). The lowest BCUT2D eigenvalue weighted by atomic mass is 10.1. The summed E-state index contributed by atoms with van der Waals surface area (Å²) < 4.78 is 0. The summed E-state index contributed by atoms with van der Waals surface area (Å²) in [5.74, 6) is 0.0315. The maximum absolute atomic E-state index is 12.1. The zero-order chi connectivity index (χ0) is 13.2. The SMILES string of the molecule is Cc1cnc(CNC(=O)C2Cc3ccccc3N2)s1. The Morgan fingerprint density at radius 2 is 2.37 bits per heavy atom. The summed E-state index contributed by atoms with van der Waals surface area (Å²) in [5, 5.41) is 7.13. The van der Waals surface area contributed by atoms with Crippen molar-refractivity contribution in [2.45, 2.75) is 25.9 Å².